The fourth-order valence-corrected chi connectivity index (χ4v) is 2.07. The Balaban J connectivity index is 1.64. The van der Waals surface area contributed by atoms with E-state index in [1.54, 1.807) is 31.4 Å². The number of carbonyl (C=O) groups excluding carboxylic acids is 2. The molecule has 2 aromatic carbocycles. The highest BCUT2D eigenvalue weighted by atomic mass is 16.5. The van der Waals surface area contributed by atoms with Gasteiger partial charge in [-0.3, -0.25) is 4.79 Å². The van der Waals surface area contributed by atoms with Crippen LogP contribution in [0.25, 0.3) is 0 Å². The van der Waals surface area contributed by atoms with Crippen LogP contribution in [0.15, 0.2) is 54.6 Å². The molecule has 0 aliphatic heterocycles. The Hall–Kier alpha value is -3.02. The van der Waals surface area contributed by atoms with E-state index in [0.29, 0.717) is 25.2 Å². The van der Waals surface area contributed by atoms with Gasteiger partial charge in [-0.25, -0.2) is 4.79 Å². The van der Waals surface area contributed by atoms with E-state index in [1.165, 1.54) is 0 Å². The molecule has 0 unspecified atom stereocenters. The van der Waals surface area contributed by atoms with Crippen LogP contribution in [0.2, 0.25) is 0 Å². The summed E-state index contributed by atoms with van der Waals surface area (Å²) >= 11 is 0. The third-order valence-electron chi connectivity index (χ3n) is 3.32. The number of benzene rings is 2. The van der Waals surface area contributed by atoms with Gasteiger partial charge in [-0.05, 0) is 29.8 Å². The fraction of sp³-hybridized carbons (Fsp3) is 0.222. The summed E-state index contributed by atoms with van der Waals surface area (Å²) in [4.78, 5) is 23.5. The van der Waals surface area contributed by atoms with Gasteiger partial charge in [0.25, 0.3) is 5.91 Å². The number of methoxy groups -OCH3 is 1. The molecular weight excluding hydrogens is 306 g/mol. The summed E-state index contributed by atoms with van der Waals surface area (Å²) in [6.07, 6.45) is 0. The van der Waals surface area contributed by atoms with Crippen LogP contribution in [0.5, 0.6) is 5.75 Å². The van der Waals surface area contributed by atoms with Crippen molar-refractivity contribution in [2.75, 3.05) is 20.2 Å². The van der Waals surface area contributed by atoms with Gasteiger partial charge in [-0.1, -0.05) is 30.3 Å². The summed E-state index contributed by atoms with van der Waals surface area (Å²) in [5.74, 6) is 0.590. The zero-order chi connectivity index (χ0) is 17.2. The number of urea groups is 1. The summed E-state index contributed by atoms with van der Waals surface area (Å²) < 4.78 is 5.13. The van der Waals surface area contributed by atoms with E-state index < -0.39 is 0 Å². The molecule has 0 bridgehead atoms. The van der Waals surface area contributed by atoms with Gasteiger partial charge in [0, 0.05) is 25.2 Å². The molecule has 3 N–H and O–H groups in total. The molecule has 0 heterocycles. The average molecular weight is 327 g/mol. The molecule has 6 heteroatoms. The average Bonchev–Trinajstić information content (AvgIpc) is 2.64. The second-order valence-corrected chi connectivity index (χ2v) is 5.08. The highest BCUT2D eigenvalue weighted by molar-refractivity contribution is 5.94. The van der Waals surface area contributed by atoms with Gasteiger partial charge in [0.05, 0.1) is 7.11 Å². The molecule has 0 saturated heterocycles. The molecule has 0 saturated carbocycles. The van der Waals surface area contributed by atoms with E-state index in [-0.39, 0.29) is 11.9 Å². The maximum Gasteiger partial charge on any atom is 0.315 e. The first-order valence-electron chi connectivity index (χ1n) is 7.67. The Labute approximate surface area is 141 Å². The van der Waals surface area contributed by atoms with E-state index in [0.717, 1.165) is 11.3 Å². The first kappa shape index (κ1) is 17.3. The third-order valence-corrected chi connectivity index (χ3v) is 3.32. The first-order chi connectivity index (χ1) is 11.7. The molecular formula is C18H21N3O3. The number of nitrogens with one attached hydrogen (secondary N) is 3. The quantitative estimate of drug-likeness (QED) is 0.680. The zero-order valence-corrected chi connectivity index (χ0v) is 13.5. The molecule has 0 aliphatic carbocycles. The van der Waals surface area contributed by atoms with E-state index in [2.05, 4.69) is 16.0 Å². The lowest BCUT2D eigenvalue weighted by molar-refractivity contribution is 0.0954. The molecule has 0 spiro atoms. The van der Waals surface area contributed by atoms with Crippen molar-refractivity contribution in [1.82, 2.24) is 16.0 Å². The molecule has 0 atom stereocenters. The molecule has 0 aromatic heterocycles. The minimum absolute atomic E-state index is 0.158. The summed E-state index contributed by atoms with van der Waals surface area (Å²) in [7, 11) is 1.60. The van der Waals surface area contributed by atoms with Crippen molar-refractivity contribution in [3.63, 3.8) is 0 Å². The SMILES string of the molecule is COc1cccc(CNC(=O)NCCNC(=O)c2ccccc2)c1. The predicted octanol–water partition coefficient (Wildman–Crippen LogP) is 1.92. The Morgan fingerprint density at radius 1 is 0.917 bits per heavy atom. The molecule has 126 valence electrons. The van der Waals surface area contributed by atoms with Crippen LogP contribution < -0.4 is 20.7 Å². The standard InChI is InChI=1S/C18H21N3O3/c1-24-16-9-5-6-14(12-16)13-21-18(23)20-11-10-19-17(22)15-7-3-2-4-8-15/h2-9,12H,10-11,13H2,1H3,(H,19,22)(H2,20,21,23). The molecule has 0 aliphatic rings. The number of amides is 3. The predicted molar refractivity (Wildman–Crippen MR) is 92.0 cm³/mol. The van der Waals surface area contributed by atoms with Gasteiger partial charge in [-0.15, -0.1) is 0 Å². The number of hydrogen-bond donors (Lipinski definition) is 3. The van der Waals surface area contributed by atoms with Crippen molar-refractivity contribution in [1.29, 1.82) is 0 Å². The van der Waals surface area contributed by atoms with E-state index in [1.807, 2.05) is 30.3 Å². The van der Waals surface area contributed by atoms with Crippen LogP contribution >= 0.6 is 0 Å². The van der Waals surface area contributed by atoms with Crippen LogP contribution in [0.3, 0.4) is 0 Å². The van der Waals surface area contributed by atoms with Crippen molar-refractivity contribution < 1.29 is 14.3 Å². The lowest BCUT2D eigenvalue weighted by Crippen LogP contribution is -2.40. The first-order valence-corrected chi connectivity index (χ1v) is 7.67. The fourth-order valence-electron chi connectivity index (χ4n) is 2.07. The lowest BCUT2D eigenvalue weighted by Gasteiger charge is -2.09. The lowest BCUT2D eigenvalue weighted by atomic mass is 10.2. The van der Waals surface area contributed by atoms with Gasteiger partial charge >= 0.3 is 6.03 Å². The third kappa shape index (κ3) is 5.64. The van der Waals surface area contributed by atoms with Crippen LogP contribution in [-0.4, -0.2) is 32.1 Å². The van der Waals surface area contributed by atoms with E-state index in [4.69, 9.17) is 4.74 Å². The number of ether oxygens (including phenoxy) is 1. The Morgan fingerprint density at radius 3 is 2.42 bits per heavy atom. The van der Waals surface area contributed by atoms with Crippen molar-refractivity contribution >= 4 is 11.9 Å². The van der Waals surface area contributed by atoms with Crippen LogP contribution in [0.1, 0.15) is 15.9 Å². The Kier molecular flexibility index (Phi) is 6.64. The van der Waals surface area contributed by atoms with Crippen molar-refractivity contribution in [2.45, 2.75) is 6.54 Å². The molecule has 6 nitrogen and oxygen atoms in total. The van der Waals surface area contributed by atoms with Gasteiger partial charge in [-0.2, -0.15) is 0 Å². The molecule has 2 aromatic rings. The molecule has 24 heavy (non-hydrogen) atoms. The molecule has 2 rings (SSSR count). The Bertz CT molecular complexity index is 674. The molecule has 0 fully saturated rings. The highest BCUT2D eigenvalue weighted by Crippen LogP contribution is 2.11. The van der Waals surface area contributed by atoms with Gasteiger partial charge < -0.3 is 20.7 Å². The smallest absolute Gasteiger partial charge is 0.315 e. The summed E-state index contributed by atoms with van der Waals surface area (Å²) in [6, 6.07) is 16.1. The second kappa shape index (κ2) is 9.19. The van der Waals surface area contributed by atoms with Crippen molar-refractivity contribution in [2.24, 2.45) is 0 Å². The summed E-state index contributed by atoms with van der Waals surface area (Å²) in [5.41, 5.74) is 1.54. The van der Waals surface area contributed by atoms with Crippen LogP contribution in [-0.2, 0) is 6.54 Å². The van der Waals surface area contributed by atoms with Crippen LogP contribution in [0.4, 0.5) is 4.79 Å². The molecule has 3 amide bonds. The number of rotatable bonds is 7. The van der Waals surface area contributed by atoms with Gasteiger partial charge in [0.2, 0.25) is 0 Å². The minimum Gasteiger partial charge on any atom is -0.497 e. The maximum atomic E-state index is 11.8. The minimum atomic E-state index is -0.285. The van der Waals surface area contributed by atoms with Crippen molar-refractivity contribution in [3.8, 4) is 5.75 Å². The largest absolute Gasteiger partial charge is 0.497 e. The normalized spacial score (nSPS) is 9.88. The molecule has 0 radical (unpaired) electrons. The second-order valence-electron chi connectivity index (χ2n) is 5.08. The van der Waals surface area contributed by atoms with Gasteiger partial charge in [0.1, 0.15) is 5.75 Å². The van der Waals surface area contributed by atoms with E-state index >= 15 is 0 Å². The van der Waals surface area contributed by atoms with Gasteiger partial charge in [0.15, 0.2) is 0 Å². The zero-order valence-electron chi connectivity index (χ0n) is 13.5. The topological polar surface area (TPSA) is 79.5 Å². The number of hydrogen-bond acceptors (Lipinski definition) is 3. The maximum absolute atomic E-state index is 11.8. The van der Waals surface area contributed by atoms with Crippen LogP contribution in [0, 0.1) is 0 Å². The number of carbonyl (C=O) groups is 2. The van der Waals surface area contributed by atoms with E-state index in [9.17, 15) is 9.59 Å². The van der Waals surface area contributed by atoms with Crippen molar-refractivity contribution in [3.05, 3.63) is 65.7 Å². The Morgan fingerprint density at radius 2 is 1.67 bits per heavy atom. The summed E-state index contributed by atoms with van der Waals surface area (Å²) in [5, 5.41) is 8.19. The highest BCUT2D eigenvalue weighted by Gasteiger charge is 2.04. The monoisotopic (exact) mass is 327 g/mol. The summed E-state index contributed by atoms with van der Waals surface area (Å²) in [6.45, 7) is 1.11.